The number of nitrogens with one attached hydrogen (secondary N) is 1. The van der Waals surface area contributed by atoms with Gasteiger partial charge >= 0.3 is 0 Å². The van der Waals surface area contributed by atoms with E-state index in [2.05, 4.69) is 5.32 Å². The molecule has 29 heavy (non-hydrogen) atoms. The summed E-state index contributed by atoms with van der Waals surface area (Å²) >= 11 is 0. The van der Waals surface area contributed by atoms with Gasteiger partial charge in [-0.1, -0.05) is 12.1 Å². The van der Waals surface area contributed by atoms with Gasteiger partial charge in [-0.25, -0.2) is 8.42 Å². The van der Waals surface area contributed by atoms with Crippen molar-refractivity contribution in [1.29, 1.82) is 0 Å². The van der Waals surface area contributed by atoms with Crippen molar-refractivity contribution < 1.29 is 27.4 Å². The van der Waals surface area contributed by atoms with E-state index in [9.17, 15) is 13.2 Å². The van der Waals surface area contributed by atoms with Gasteiger partial charge < -0.3 is 19.5 Å². The Morgan fingerprint density at radius 1 is 1.07 bits per heavy atom. The Kier molecular flexibility index (Phi) is 6.73. The van der Waals surface area contributed by atoms with E-state index in [1.54, 1.807) is 42.5 Å². The highest BCUT2D eigenvalue weighted by Crippen LogP contribution is 2.29. The smallest absolute Gasteiger partial charge is 0.255 e. The van der Waals surface area contributed by atoms with Gasteiger partial charge in [-0.15, -0.1) is 0 Å². The summed E-state index contributed by atoms with van der Waals surface area (Å²) in [5.41, 5.74) is 1.50. The van der Waals surface area contributed by atoms with Crippen LogP contribution in [0.15, 0.2) is 42.5 Å². The molecule has 0 bridgehead atoms. The third-order valence-corrected chi connectivity index (χ3v) is 6.43. The lowest BCUT2D eigenvalue weighted by molar-refractivity contribution is 0.0729. The minimum Gasteiger partial charge on any atom is -0.497 e. The number of sulfonamides is 1. The Labute approximate surface area is 170 Å². The molecule has 1 fully saturated rings. The standard InChI is InChI=1S/C20H24N2O6S/c1-26-17-7-8-19(27-2)18(13-17)21-20(23)16-5-3-15(4-6-16)14-29(24,25)22-9-11-28-12-10-22/h3-8,13H,9-12,14H2,1-2H3,(H,21,23). The molecular formula is C20H24N2O6S. The van der Waals surface area contributed by atoms with Crippen molar-refractivity contribution in [2.75, 3.05) is 45.8 Å². The van der Waals surface area contributed by atoms with Crippen LogP contribution in [0.4, 0.5) is 5.69 Å². The highest BCUT2D eigenvalue weighted by Gasteiger charge is 2.24. The Bertz CT molecular complexity index is 953. The number of benzene rings is 2. The largest absolute Gasteiger partial charge is 0.497 e. The van der Waals surface area contributed by atoms with E-state index < -0.39 is 10.0 Å². The van der Waals surface area contributed by atoms with Crippen molar-refractivity contribution in [3.05, 3.63) is 53.6 Å². The third-order valence-electron chi connectivity index (χ3n) is 4.58. The van der Waals surface area contributed by atoms with E-state index in [0.717, 1.165) is 0 Å². The first-order valence-corrected chi connectivity index (χ1v) is 10.7. The van der Waals surface area contributed by atoms with Gasteiger partial charge in [0.15, 0.2) is 0 Å². The molecule has 1 saturated heterocycles. The number of hydrogen-bond donors (Lipinski definition) is 1. The van der Waals surface area contributed by atoms with Crippen molar-refractivity contribution >= 4 is 21.6 Å². The first kappa shape index (κ1) is 21.1. The molecule has 8 nitrogen and oxygen atoms in total. The zero-order valence-corrected chi connectivity index (χ0v) is 17.2. The number of nitrogens with zero attached hydrogens (tertiary/aromatic N) is 1. The van der Waals surface area contributed by atoms with Crippen LogP contribution >= 0.6 is 0 Å². The van der Waals surface area contributed by atoms with Gasteiger partial charge in [-0.2, -0.15) is 4.31 Å². The fourth-order valence-electron chi connectivity index (χ4n) is 2.99. The Morgan fingerprint density at radius 3 is 2.38 bits per heavy atom. The van der Waals surface area contributed by atoms with Crippen LogP contribution in [-0.4, -0.2) is 59.2 Å². The molecular weight excluding hydrogens is 396 g/mol. The van der Waals surface area contributed by atoms with Crippen LogP contribution in [0.5, 0.6) is 11.5 Å². The summed E-state index contributed by atoms with van der Waals surface area (Å²) in [6, 6.07) is 11.6. The first-order valence-electron chi connectivity index (χ1n) is 9.11. The number of ether oxygens (including phenoxy) is 3. The Morgan fingerprint density at radius 2 is 1.76 bits per heavy atom. The van der Waals surface area contributed by atoms with Gasteiger partial charge in [0, 0.05) is 24.7 Å². The number of methoxy groups -OCH3 is 2. The summed E-state index contributed by atoms with van der Waals surface area (Å²) in [6.45, 7) is 1.55. The summed E-state index contributed by atoms with van der Waals surface area (Å²) < 4.78 is 42.1. The molecule has 3 rings (SSSR count). The fourth-order valence-corrected chi connectivity index (χ4v) is 4.49. The molecule has 0 radical (unpaired) electrons. The quantitative estimate of drug-likeness (QED) is 0.737. The minimum absolute atomic E-state index is 0.112. The predicted octanol–water partition coefficient (Wildman–Crippen LogP) is 2.12. The number of amides is 1. The molecule has 2 aromatic rings. The number of hydrogen-bond acceptors (Lipinski definition) is 6. The van der Waals surface area contributed by atoms with Gasteiger partial charge in [-0.3, -0.25) is 4.79 Å². The topological polar surface area (TPSA) is 94.2 Å². The monoisotopic (exact) mass is 420 g/mol. The number of carbonyl (C=O) groups excluding carboxylic acids is 1. The molecule has 1 aliphatic heterocycles. The van der Waals surface area contributed by atoms with Gasteiger partial charge in [0.05, 0.1) is 38.9 Å². The third kappa shape index (κ3) is 5.26. The van der Waals surface area contributed by atoms with Crippen LogP contribution in [0.25, 0.3) is 0 Å². The molecule has 9 heteroatoms. The summed E-state index contributed by atoms with van der Waals surface area (Å²) in [4.78, 5) is 12.6. The molecule has 1 aliphatic rings. The number of rotatable bonds is 7. The molecule has 0 unspecified atom stereocenters. The van der Waals surface area contributed by atoms with E-state index >= 15 is 0 Å². The normalized spacial score (nSPS) is 15.0. The van der Waals surface area contributed by atoms with Gasteiger partial charge in [-0.05, 0) is 29.8 Å². The van der Waals surface area contributed by atoms with Crippen LogP contribution in [0, 0.1) is 0 Å². The molecule has 1 amide bonds. The van der Waals surface area contributed by atoms with Gasteiger partial charge in [0.1, 0.15) is 11.5 Å². The number of carbonyl (C=O) groups is 1. The lowest BCUT2D eigenvalue weighted by atomic mass is 10.1. The lowest BCUT2D eigenvalue weighted by Crippen LogP contribution is -2.41. The summed E-state index contributed by atoms with van der Waals surface area (Å²) in [5.74, 6) is 0.648. The highest BCUT2D eigenvalue weighted by molar-refractivity contribution is 7.88. The van der Waals surface area contributed by atoms with E-state index in [0.29, 0.717) is 54.6 Å². The van der Waals surface area contributed by atoms with Gasteiger partial charge in [0.25, 0.3) is 5.91 Å². The van der Waals surface area contributed by atoms with Crippen molar-refractivity contribution in [2.45, 2.75) is 5.75 Å². The second-order valence-corrected chi connectivity index (χ2v) is 8.45. The molecule has 156 valence electrons. The van der Waals surface area contributed by atoms with Crippen LogP contribution in [0.2, 0.25) is 0 Å². The van der Waals surface area contributed by atoms with Crippen molar-refractivity contribution in [2.24, 2.45) is 0 Å². The summed E-state index contributed by atoms with van der Waals surface area (Å²) in [7, 11) is -0.359. The SMILES string of the molecule is COc1ccc(OC)c(NC(=O)c2ccc(CS(=O)(=O)N3CCOCC3)cc2)c1. The maximum atomic E-state index is 12.6. The molecule has 1 N–H and O–H groups in total. The molecule has 1 heterocycles. The minimum atomic E-state index is -3.41. The number of anilines is 1. The van der Waals surface area contributed by atoms with E-state index in [1.165, 1.54) is 18.5 Å². The van der Waals surface area contributed by atoms with E-state index in [-0.39, 0.29) is 11.7 Å². The van der Waals surface area contributed by atoms with Crippen LogP contribution in [0.3, 0.4) is 0 Å². The average molecular weight is 420 g/mol. The predicted molar refractivity (Wildman–Crippen MR) is 109 cm³/mol. The van der Waals surface area contributed by atoms with E-state index in [4.69, 9.17) is 14.2 Å². The zero-order valence-electron chi connectivity index (χ0n) is 16.4. The first-order chi connectivity index (χ1) is 13.9. The highest BCUT2D eigenvalue weighted by atomic mass is 32.2. The molecule has 0 aliphatic carbocycles. The van der Waals surface area contributed by atoms with E-state index in [1.807, 2.05) is 0 Å². The van der Waals surface area contributed by atoms with Crippen molar-refractivity contribution in [3.8, 4) is 11.5 Å². The molecule has 0 aromatic heterocycles. The molecule has 0 atom stereocenters. The van der Waals surface area contributed by atoms with Crippen molar-refractivity contribution in [3.63, 3.8) is 0 Å². The number of morpholine rings is 1. The Balaban J connectivity index is 1.69. The maximum Gasteiger partial charge on any atom is 0.255 e. The lowest BCUT2D eigenvalue weighted by Gasteiger charge is -2.26. The van der Waals surface area contributed by atoms with Crippen LogP contribution in [0.1, 0.15) is 15.9 Å². The molecule has 0 spiro atoms. The van der Waals surface area contributed by atoms with Crippen molar-refractivity contribution in [1.82, 2.24) is 4.31 Å². The average Bonchev–Trinajstić information content (AvgIpc) is 2.74. The maximum absolute atomic E-state index is 12.6. The van der Waals surface area contributed by atoms with Gasteiger partial charge in [0.2, 0.25) is 10.0 Å². The van der Waals surface area contributed by atoms with Crippen LogP contribution in [-0.2, 0) is 20.5 Å². The summed E-state index contributed by atoms with van der Waals surface area (Å²) in [5, 5.41) is 2.79. The van der Waals surface area contributed by atoms with Crippen LogP contribution < -0.4 is 14.8 Å². The molecule has 2 aromatic carbocycles. The molecule has 0 saturated carbocycles. The second-order valence-electron chi connectivity index (χ2n) is 6.48. The summed E-state index contributed by atoms with van der Waals surface area (Å²) in [6.07, 6.45) is 0. The Hall–Kier alpha value is -2.62. The fraction of sp³-hybridized carbons (Fsp3) is 0.350. The zero-order chi connectivity index (χ0) is 20.9. The second kappa shape index (κ2) is 9.25.